The van der Waals surface area contributed by atoms with Gasteiger partial charge in [-0.2, -0.15) is 0 Å². The molecule has 0 aliphatic heterocycles. The van der Waals surface area contributed by atoms with Crippen LogP contribution in [0.3, 0.4) is 0 Å². The van der Waals surface area contributed by atoms with Gasteiger partial charge < -0.3 is 20.9 Å². The van der Waals surface area contributed by atoms with Crippen LogP contribution in [-0.4, -0.2) is 36.8 Å². The molecule has 5 heteroatoms. The maximum absolute atomic E-state index is 10.8. The molecule has 4 N–H and O–H groups in total. The lowest BCUT2D eigenvalue weighted by atomic mass is 10.3. The van der Waals surface area contributed by atoms with E-state index < -0.39 is 6.10 Å². The van der Waals surface area contributed by atoms with Gasteiger partial charge in [-0.25, -0.2) is 0 Å². The maximum atomic E-state index is 10.8. The van der Waals surface area contributed by atoms with Gasteiger partial charge in [0.25, 0.3) is 0 Å². The summed E-state index contributed by atoms with van der Waals surface area (Å²) in [5.41, 5.74) is 5.10. The number of nitrogens with one attached hydrogen (secondary N) is 1. The van der Waals surface area contributed by atoms with E-state index in [2.05, 4.69) is 5.32 Å². The molecule has 0 spiro atoms. The third kappa shape index (κ3) is 7.65. The molecule has 1 aromatic carbocycles. The monoisotopic (exact) mass is 254 g/mol. The Bertz CT molecular complexity index is 317. The van der Waals surface area contributed by atoms with E-state index in [-0.39, 0.29) is 25.6 Å². The number of ether oxygens (including phenoxy) is 1. The lowest BCUT2D eigenvalue weighted by Crippen LogP contribution is -2.38. The fourth-order valence-corrected chi connectivity index (χ4v) is 1.07. The van der Waals surface area contributed by atoms with Crippen molar-refractivity contribution in [2.45, 2.75) is 20.0 Å². The molecule has 0 saturated heterocycles. The topological polar surface area (TPSA) is 84.6 Å². The molecule has 102 valence electrons. The van der Waals surface area contributed by atoms with Crippen molar-refractivity contribution in [3.63, 3.8) is 0 Å². The summed E-state index contributed by atoms with van der Waals surface area (Å²) in [6, 6.07) is 9.16. The number of hydrogen-bond donors (Lipinski definition) is 3. The van der Waals surface area contributed by atoms with E-state index in [1.807, 2.05) is 32.0 Å². The number of rotatable bonds is 6. The fraction of sp³-hybridized carbons (Fsp3) is 0.462. The van der Waals surface area contributed by atoms with Crippen molar-refractivity contribution in [1.82, 2.24) is 5.32 Å². The van der Waals surface area contributed by atoms with Gasteiger partial charge in [0.1, 0.15) is 18.5 Å². The van der Waals surface area contributed by atoms with Crippen LogP contribution in [0.4, 0.5) is 0 Å². The van der Waals surface area contributed by atoms with Crippen LogP contribution in [-0.2, 0) is 4.79 Å². The highest BCUT2D eigenvalue weighted by molar-refractivity contribution is 5.77. The minimum absolute atomic E-state index is 0.0771. The van der Waals surface area contributed by atoms with E-state index in [0.717, 1.165) is 0 Å². The minimum atomic E-state index is -0.740. The van der Waals surface area contributed by atoms with Crippen LogP contribution in [0.2, 0.25) is 0 Å². The molecule has 0 aliphatic carbocycles. The van der Waals surface area contributed by atoms with Crippen molar-refractivity contribution < 1.29 is 14.6 Å². The van der Waals surface area contributed by atoms with Crippen molar-refractivity contribution in [3.05, 3.63) is 30.3 Å². The second-order valence-electron chi connectivity index (χ2n) is 3.29. The van der Waals surface area contributed by atoms with Gasteiger partial charge in [0.15, 0.2) is 0 Å². The predicted molar refractivity (Wildman–Crippen MR) is 71.4 cm³/mol. The van der Waals surface area contributed by atoms with E-state index >= 15 is 0 Å². The van der Waals surface area contributed by atoms with E-state index in [4.69, 9.17) is 10.5 Å². The summed E-state index contributed by atoms with van der Waals surface area (Å²) in [6.07, 6.45) is -0.740. The molecule has 0 aliphatic rings. The molecule has 0 saturated carbocycles. The van der Waals surface area contributed by atoms with Gasteiger partial charge in [0, 0.05) is 6.54 Å². The summed E-state index contributed by atoms with van der Waals surface area (Å²) in [5, 5.41) is 11.9. The summed E-state index contributed by atoms with van der Waals surface area (Å²) in [5.74, 6) is 0.394. The lowest BCUT2D eigenvalue weighted by molar-refractivity contribution is -0.120. The lowest BCUT2D eigenvalue weighted by Gasteiger charge is -2.12. The minimum Gasteiger partial charge on any atom is -0.491 e. The predicted octanol–water partition coefficient (Wildman–Crippen LogP) is 0.527. The van der Waals surface area contributed by atoms with Crippen molar-refractivity contribution in [2.75, 3.05) is 19.7 Å². The number of amides is 1. The molecule has 1 unspecified atom stereocenters. The van der Waals surface area contributed by atoms with Gasteiger partial charge in [-0.05, 0) is 12.1 Å². The Morgan fingerprint density at radius 1 is 1.39 bits per heavy atom. The number of aliphatic hydroxyl groups excluding tert-OH is 1. The number of carbonyl (C=O) groups is 1. The second kappa shape index (κ2) is 10.6. The van der Waals surface area contributed by atoms with Crippen LogP contribution in [0.15, 0.2) is 30.3 Å². The van der Waals surface area contributed by atoms with Crippen LogP contribution < -0.4 is 15.8 Å². The first-order chi connectivity index (χ1) is 8.72. The van der Waals surface area contributed by atoms with Gasteiger partial charge in [-0.15, -0.1) is 0 Å². The molecule has 1 rings (SSSR count). The van der Waals surface area contributed by atoms with Crippen LogP contribution in [0.25, 0.3) is 0 Å². The smallest absolute Gasteiger partial charge is 0.233 e. The van der Waals surface area contributed by atoms with Crippen molar-refractivity contribution in [1.29, 1.82) is 0 Å². The Balaban J connectivity index is 0.00000137. The molecular weight excluding hydrogens is 232 g/mol. The molecule has 18 heavy (non-hydrogen) atoms. The Hall–Kier alpha value is -1.59. The molecule has 5 nitrogen and oxygen atoms in total. The second-order valence-corrected chi connectivity index (χ2v) is 3.29. The van der Waals surface area contributed by atoms with Crippen LogP contribution in [0.5, 0.6) is 5.75 Å². The number of nitrogens with two attached hydrogens (primary N) is 1. The normalized spacial score (nSPS) is 10.9. The maximum Gasteiger partial charge on any atom is 0.233 e. The van der Waals surface area contributed by atoms with Gasteiger partial charge in [0.05, 0.1) is 6.54 Å². The number of aliphatic hydroxyl groups is 1. The molecule has 0 fully saturated rings. The average Bonchev–Trinajstić information content (AvgIpc) is 2.45. The van der Waals surface area contributed by atoms with E-state index in [1.165, 1.54) is 0 Å². The van der Waals surface area contributed by atoms with Gasteiger partial charge in [-0.1, -0.05) is 32.0 Å². The number of para-hydroxylation sites is 1. The van der Waals surface area contributed by atoms with Crippen molar-refractivity contribution in [2.24, 2.45) is 5.73 Å². The zero-order valence-electron chi connectivity index (χ0n) is 10.9. The Morgan fingerprint density at radius 2 is 2.00 bits per heavy atom. The first-order valence-electron chi connectivity index (χ1n) is 6.05. The highest BCUT2D eigenvalue weighted by Gasteiger charge is 2.06. The van der Waals surface area contributed by atoms with E-state index in [0.29, 0.717) is 5.75 Å². The fourth-order valence-electron chi connectivity index (χ4n) is 1.07. The van der Waals surface area contributed by atoms with Crippen LogP contribution in [0, 0.1) is 0 Å². The van der Waals surface area contributed by atoms with Crippen molar-refractivity contribution in [3.8, 4) is 5.75 Å². The first kappa shape index (κ1) is 16.4. The standard InChI is InChI=1S/C11H16N2O3.C2H6/c12-6-11(15)13-7-9(14)8-16-10-4-2-1-3-5-10;1-2/h1-5,9,14H,6-8,12H2,(H,13,15);1-2H3. The van der Waals surface area contributed by atoms with Crippen molar-refractivity contribution >= 4 is 5.91 Å². The largest absolute Gasteiger partial charge is 0.491 e. The summed E-state index contributed by atoms with van der Waals surface area (Å²) in [4.78, 5) is 10.8. The molecule has 0 aromatic heterocycles. The molecule has 1 amide bonds. The summed E-state index contributed by atoms with van der Waals surface area (Å²) >= 11 is 0. The SMILES string of the molecule is CC.NCC(=O)NCC(O)COc1ccccc1. The summed E-state index contributed by atoms with van der Waals surface area (Å²) in [6.45, 7) is 4.20. The molecule has 1 atom stereocenters. The average molecular weight is 254 g/mol. The molecule has 0 heterocycles. The van der Waals surface area contributed by atoms with Gasteiger partial charge in [0.2, 0.25) is 5.91 Å². The zero-order chi connectivity index (χ0) is 13.8. The van der Waals surface area contributed by atoms with Gasteiger partial charge >= 0.3 is 0 Å². The number of hydrogen-bond acceptors (Lipinski definition) is 4. The Kier molecular flexibility index (Phi) is 9.62. The van der Waals surface area contributed by atoms with Crippen LogP contribution >= 0.6 is 0 Å². The molecule has 1 aromatic rings. The Labute approximate surface area is 108 Å². The first-order valence-corrected chi connectivity index (χ1v) is 6.05. The van der Waals surface area contributed by atoms with Gasteiger partial charge in [-0.3, -0.25) is 4.79 Å². The highest BCUT2D eigenvalue weighted by atomic mass is 16.5. The Morgan fingerprint density at radius 3 is 2.56 bits per heavy atom. The summed E-state index contributed by atoms with van der Waals surface area (Å²) < 4.78 is 5.30. The quantitative estimate of drug-likeness (QED) is 0.691. The number of carbonyl (C=O) groups excluding carboxylic acids is 1. The van der Waals surface area contributed by atoms with Crippen LogP contribution in [0.1, 0.15) is 13.8 Å². The van der Waals surface area contributed by atoms with E-state index in [9.17, 15) is 9.90 Å². The number of benzene rings is 1. The third-order valence-electron chi connectivity index (χ3n) is 1.91. The molecule has 0 bridgehead atoms. The third-order valence-corrected chi connectivity index (χ3v) is 1.91. The molecule has 0 radical (unpaired) electrons. The van der Waals surface area contributed by atoms with E-state index in [1.54, 1.807) is 12.1 Å². The highest BCUT2D eigenvalue weighted by Crippen LogP contribution is 2.08. The molecular formula is C13H22N2O3. The zero-order valence-corrected chi connectivity index (χ0v) is 10.9. The summed E-state index contributed by atoms with van der Waals surface area (Å²) in [7, 11) is 0.